The lowest BCUT2D eigenvalue weighted by Crippen LogP contribution is -2.33. The first-order chi connectivity index (χ1) is 15.7. The highest BCUT2D eigenvalue weighted by atomic mass is 32.2. The van der Waals surface area contributed by atoms with E-state index in [1.54, 1.807) is 0 Å². The van der Waals surface area contributed by atoms with Gasteiger partial charge in [0.2, 0.25) is 0 Å². The molecule has 2 heterocycles. The maximum absolute atomic E-state index is 12.2. The summed E-state index contributed by atoms with van der Waals surface area (Å²) in [6.45, 7) is -0.0354. The number of aromatic amines is 1. The Morgan fingerprint density at radius 3 is 2.66 bits per heavy atom. The predicted molar refractivity (Wildman–Crippen MR) is 128 cm³/mol. The summed E-state index contributed by atoms with van der Waals surface area (Å²) in [6.07, 6.45) is 3.97. The van der Waals surface area contributed by atoms with Gasteiger partial charge in [0.15, 0.2) is 6.61 Å². The number of carbonyl (C=O) groups excluding carboxylic acids is 1. The molecule has 2 bridgehead atoms. The summed E-state index contributed by atoms with van der Waals surface area (Å²) in [5.41, 5.74) is 2.00. The standard InChI is InChI=1S/C25H24N2O3S2/c28-19(26-17-4-2-1-3-5-17)13-30-18-10-8-14(9-11-18)20-21-15-6-7-16(12-15)22(21)31-24-23(20)32-25(29)27-24/h1-5,8-11,15-16,20-22H,6-7,12-13H2,(H,26,28)(H,27,29)/t15?,16?,20-,21?,22?/m1/s1. The van der Waals surface area contributed by atoms with Crippen LogP contribution in [0.2, 0.25) is 0 Å². The highest BCUT2D eigenvalue weighted by molar-refractivity contribution is 8.00. The minimum absolute atomic E-state index is 0.0354. The molecule has 7 heteroatoms. The number of thiazole rings is 1. The molecule has 1 amide bonds. The summed E-state index contributed by atoms with van der Waals surface area (Å²) in [5.74, 6) is 2.89. The fraction of sp³-hybridized carbons (Fsp3) is 0.360. The van der Waals surface area contributed by atoms with Gasteiger partial charge in [-0.3, -0.25) is 9.59 Å². The van der Waals surface area contributed by atoms with Crippen molar-refractivity contribution in [1.82, 2.24) is 4.98 Å². The Balaban J connectivity index is 1.19. The van der Waals surface area contributed by atoms with Gasteiger partial charge in [-0.15, -0.1) is 11.8 Å². The molecule has 0 saturated heterocycles. The van der Waals surface area contributed by atoms with Gasteiger partial charge in [0.05, 0.1) is 5.03 Å². The minimum atomic E-state index is -0.184. The number of hydrogen-bond donors (Lipinski definition) is 2. The van der Waals surface area contributed by atoms with Crippen LogP contribution in [0.3, 0.4) is 0 Å². The van der Waals surface area contributed by atoms with E-state index in [0.29, 0.717) is 16.9 Å². The smallest absolute Gasteiger partial charge is 0.305 e. The van der Waals surface area contributed by atoms with E-state index in [2.05, 4.69) is 22.4 Å². The molecule has 2 saturated carbocycles. The molecule has 5 nitrogen and oxygen atoms in total. The summed E-state index contributed by atoms with van der Waals surface area (Å²) in [4.78, 5) is 28.7. The van der Waals surface area contributed by atoms with Crippen LogP contribution in [0.5, 0.6) is 5.75 Å². The largest absolute Gasteiger partial charge is 0.484 e. The first kappa shape index (κ1) is 20.1. The van der Waals surface area contributed by atoms with E-state index >= 15 is 0 Å². The number of nitrogens with one attached hydrogen (secondary N) is 2. The summed E-state index contributed by atoms with van der Waals surface area (Å²) in [5, 5.41) is 4.52. The van der Waals surface area contributed by atoms with E-state index in [4.69, 9.17) is 4.74 Å². The second-order valence-corrected chi connectivity index (χ2v) is 11.2. The molecule has 4 unspecified atom stereocenters. The molecule has 1 aromatic heterocycles. The van der Waals surface area contributed by atoms with Crippen molar-refractivity contribution in [3.05, 3.63) is 74.7 Å². The molecule has 2 fully saturated rings. The van der Waals surface area contributed by atoms with Crippen LogP contribution in [0.25, 0.3) is 0 Å². The molecule has 164 valence electrons. The maximum Gasteiger partial charge on any atom is 0.305 e. The third kappa shape index (κ3) is 3.57. The Labute approximate surface area is 194 Å². The van der Waals surface area contributed by atoms with Crippen molar-refractivity contribution < 1.29 is 9.53 Å². The molecule has 0 spiro atoms. The molecule has 3 aromatic rings. The SMILES string of the molecule is O=C(COc1ccc([C@H]2c3sc(=O)[nH]c3SC3C4CCC(C4)C32)cc1)Nc1ccccc1. The number of anilines is 1. The number of para-hydroxylation sites is 1. The highest BCUT2D eigenvalue weighted by Crippen LogP contribution is 2.63. The third-order valence-corrected chi connectivity index (χ3v) is 9.76. The molecular weight excluding hydrogens is 440 g/mol. The molecule has 0 radical (unpaired) electrons. The quantitative estimate of drug-likeness (QED) is 0.551. The molecule has 2 aliphatic carbocycles. The van der Waals surface area contributed by atoms with Crippen LogP contribution < -0.4 is 14.9 Å². The molecule has 6 rings (SSSR count). The number of hydrogen-bond acceptors (Lipinski definition) is 5. The average molecular weight is 465 g/mol. The Kier molecular flexibility index (Phi) is 5.11. The Morgan fingerprint density at radius 1 is 1.06 bits per heavy atom. The van der Waals surface area contributed by atoms with Crippen LogP contribution in [-0.4, -0.2) is 22.7 Å². The van der Waals surface area contributed by atoms with Crippen molar-refractivity contribution >= 4 is 34.7 Å². The molecule has 5 atom stereocenters. The van der Waals surface area contributed by atoms with E-state index in [1.165, 1.54) is 41.0 Å². The lowest BCUT2D eigenvalue weighted by molar-refractivity contribution is -0.118. The van der Waals surface area contributed by atoms with Gasteiger partial charge >= 0.3 is 4.87 Å². The third-order valence-electron chi connectivity index (χ3n) is 7.13. The fourth-order valence-electron chi connectivity index (χ4n) is 5.86. The van der Waals surface area contributed by atoms with E-state index in [0.717, 1.165) is 22.5 Å². The Hall–Kier alpha value is -2.51. The van der Waals surface area contributed by atoms with Gasteiger partial charge in [0, 0.05) is 21.7 Å². The number of aromatic nitrogens is 1. The number of carbonyl (C=O) groups is 1. The van der Waals surface area contributed by atoms with Crippen LogP contribution >= 0.6 is 23.1 Å². The first-order valence-electron chi connectivity index (χ1n) is 11.1. The number of thioether (sulfide) groups is 1. The van der Waals surface area contributed by atoms with Gasteiger partial charge in [-0.05, 0) is 66.8 Å². The summed E-state index contributed by atoms with van der Waals surface area (Å²) < 4.78 is 5.72. The lowest BCUT2D eigenvalue weighted by atomic mass is 9.75. The van der Waals surface area contributed by atoms with E-state index in [1.807, 2.05) is 54.2 Å². The number of benzene rings is 2. The molecule has 32 heavy (non-hydrogen) atoms. The molecule has 2 aromatic carbocycles. The maximum atomic E-state index is 12.2. The Morgan fingerprint density at radius 2 is 1.84 bits per heavy atom. The number of H-pyrrole nitrogens is 1. The highest BCUT2D eigenvalue weighted by Gasteiger charge is 2.54. The van der Waals surface area contributed by atoms with Crippen LogP contribution in [0, 0.1) is 17.8 Å². The predicted octanol–water partition coefficient (Wildman–Crippen LogP) is 5.11. The average Bonchev–Trinajstić information content (AvgIpc) is 3.51. The summed E-state index contributed by atoms with van der Waals surface area (Å²) in [7, 11) is 0. The molecule has 2 N–H and O–H groups in total. The second kappa shape index (κ2) is 8.12. The van der Waals surface area contributed by atoms with Crippen molar-refractivity contribution in [2.75, 3.05) is 11.9 Å². The molecular formula is C25H24N2O3S2. The van der Waals surface area contributed by atoms with Gasteiger partial charge in [-0.25, -0.2) is 0 Å². The van der Waals surface area contributed by atoms with Gasteiger partial charge in [-0.2, -0.15) is 0 Å². The number of fused-ring (bicyclic) bond motifs is 6. The van der Waals surface area contributed by atoms with E-state index in [-0.39, 0.29) is 23.3 Å². The molecule has 1 aliphatic heterocycles. The topological polar surface area (TPSA) is 71.2 Å². The first-order valence-corrected chi connectivity index (χ1v) is 12.8. The normalized spacial score (nSPS) is 27.6. The Bertz CT molecular complexity index is 1190. The zero-order valence-electron chi connectivity index (χ0n) is 17.5. The summed E-state index contributed by atoms with van der Waals surface area (Å²) in [6, 6.07) is 17.5. The molecule has 3 aliphatic rings. The van der Waals surface area contributed by atoms with Gasteiger partial charge in [0.25, 0.3) is 5.91 Å². The van der Waals surface area contributed by atoms with Crippen molar-refractivity contribution in [1.29, 1.82) is 0 Å². The van der Waals surface area contributed by atoms with Crippen molar-refractivity contribution in [2.45, 2.75) is 35.5 Å². The van der Waals surface area contributed by atoms with Gasteiger partial charge in [0.1, 0.15) is 5.75 Å². The monoisotopic (exact) mass is 464 g/mol. The van der Waals surface area contributed by atoms with E-state index < -0.39 is 0 Å². The van der Waals surface area contributed by atoms with Crippen LogP contribution in [-0.2, 0) is 4.79 Å². The second-order valence-electron chi connectivity index (χ2n) is 8.95. The zero-order chi connectivity index (χ0) is 21.7. The summed E-state index contributed by atoms with van der Waals surface area (Å²) >= 11 is 3.28. The van der Waals surface area contributed by atoms with Crippen molar-refractivity contribution in [3.63, 3.8) is 0 Å². The fourth-order valence-corrected chi connectivity index (χ4v) is 8.76. The van der Waals surface area contributed by atoms with Crippen molar-refractivity contribution in [2.24, 2.45) is 17.8 Å². The van der Waals surface area contributed by atoms with E-state index in [9.17, 15) is 9.59 Å². The van der Waals surface area contributed by atoms with Gasteiger partial charge < -0.3 is 15.0 Å². The van der Waals surface area contributed by atoms with Crippen LogP contribution in [0.15, 0.2) is 64.4 Å². The van der Waals surface area contributed by atoms with Crippen LogP contribution in [0.4, 0.5) is 5.69 Å². The van der Waals surface area contributed by atoms with Gasteiger partial charge in [-0.1, -0.05) is 41.7 Å². The number of ether oxygens (including phenoxy) is 1. The zero-order valence-corrected chi connectivity index (χ0v) is 19.1. The van der Waals surface area contributed by atoms with Crippen molar-refractivity contribution in [3.8, 4) is 5.75 Å². The minimum Gasteiger partial charge on any atom is -0.484 e. The number of rotatable bonds is 5. The lowest BCUT2D eigenvalue weighted by Gasteiger charge is -2.40. The van der Waals surface area contributed by atoms with Crippen LogP contribution in [0.1, 0.15) is 35.6 Å². The number of amides is 1.